The average molecular weight is 976 g/mol. The maximum absolute atomic E-state index is 15.0. The van der Waals surface area contributed by atoms with Gasteiger partial charge in [-0.2, -0.15) is 0 Å². The van der Waals surface area contributed by atoms with Gasteiger partial charge < -0.3 is 46.5 Å². The maximum atomic E-state index is 15.0. The Morgan fingerprint density at radius 1 is 0.814 bits per heavy atom. The van der Waals surface area contributed by atoms with Crippen molar-refractivity contribution in [3.63, 3.8) is 0 Å². The largest absolute Gasteiger partial charge is 0.488 e. The minimum atomic E-state index is -1.35. The fraction of sp³-hybridized carbons (Fsp3) is 0.560. The Morgan fingerprint density at radius 3 is 1.91 bits per heavy atom. The molecule has 2 aromatic carbocycles. The molecule has 1 saturated heterocycles. The monoisotopic (exact) mass is 975 g/mol. The predicted octanol–water partition coefficient (Wildman–Crippen LogP) is 4.08. The topological polar surface area (TPSA) is 296 Å². The lowest BCUT2D eigenvalue weighted by molar-refractivity contribution is -0.445. The Morgan fingerprint density at radius 2 is 1.37 bits per heavy atom. The van der Waals surface area contributed by atoms with Crippen molar-refractivity contribution >= 4 is 47.4 Å². The van der Waals surface area contributed by atoms with Crippen LogP contribution in [0.4, 0.5) is 0 Å². The minimum Gasteiger partial charge on any atom is -0.488 e. The van der Waals surface area contributed by atoms with Gasteiger partial charge in [0.2, 0.25) is 29.5 Å². The van der Waals surface area contributed by atoms with Crippen molar-refractivity contribution in [2.45, 2.75) is 141 Å². The van der Waals surface area contributed by atoms with Gasteiger partial charge in [0.1, 0.15) is 42.1 Å². The number of hydrogen-bond acceptors (Lipinski definition) is 12. The summed E-state index contributed by atoms with van der Waals surface area (Å²) in [7, 11) is 2.10. The van der Waals surface area contributed by atoms with Gasteiger partial charge in [0, 0.05) is 17.4 Å². The number of carboxylic acid groups (broad SMARTS) is 1. The number of nitrogens with zero attached hydrogens (tertiary/aromatic N) is 2. The number of ether oxygens (including phenoxy) is 2. The summed E-state index contributed by atoms with van der Waals surface area (Å²) in [4.78, 5) is 118. The molecule has 3 fully saturated rings. The Bertz CT molecular complexity index is 2180. The molecule has 382 valence electrons. The first-order valence-electron chi connectivity index (χ1n) is 23.9. The van der Waals surface area contributed by atoms with E-state index in [0.29, 0.717) is 18.6 Å². The van der Waals surface area contributed by atoms with E-state index in [9.17, 15) is 38.7 Å². The standard InChI is InChI=1S/C49H66N6O11.CH3NO2/c1-49(2,3)41(54-44(59)36(26-16-17-27-38(56)65-4)51-43(58)34-24-14-15-25-35(34)48(63)64)47(62)55-29-33(66-32-22-12-7-13-23-32)28-37(55)45(60)53-40(31-20-10-6-11-21-31)46(61)52-39(42(50)57)30-18-8-5-9-19-30;1-2(3)4/h7,12-15,17,22-25,27,30-31,33,36-37,39-41H,5-6,8-11,16,18-21,26,28-29H2,1-4H3,(H2,50,57)(H,51,58)(H,52,61)(H,53,60)(H,54,59)(H,63,64);1H3/b27-17+;/t33-,36-,37-,39-,40-,41+;/m0./s1. The summed E-state index contributed by atoms with van der Waals surface area (Å²) >= 11 is 0. The van der Waals surface area contributed by atoms with E-state index in [1.165, 1.54) is 48.4 Å². The van der Waals surface area contributed by atoms with Gasteiger partial charge in [-0.25, -0.2) is 9.59 Å². The molecule has 5 rings (SSSR count). The van der Waals surface area contributed by atoms with Gasteiger partial charge in [0.25, 0.3) is 5.91 Å². The number of benzene rings is 2. The molecule has 20 heteroatoms. The summed E-state index contributed by atoms with van der Waals surface area (Å²) in [6.07, 6.45) is 10.5. The number of likely N-dealkylation sites (tertiary alicyclic amines) is 1. The van der Waals surface area contributed by atoms with Gasteiger partial charge in [-0.05, 0) is 80.0 Å². The number of nitro groups is 1. The van der Waals surface area contributed by atoms with Gasteiger partial charge >= 0.3 is 11.9 Å². The zero-order valence-corrected chi connectivity index (χ0v) is 40.7. The van der Waals surface area contributed by atoms with E-state index in [1.54, 1.807) is 45.0 Å². The van der Waals surface area contributed by atoms with Crippen LogP contribution < -0.4 is 31.7 Å². The molecule has 7 N–H and O–H groups in total. The lowest BCUT2D eigenvalue weighted by atomic mass is 9.81. The quantitative estimate of drug-likeness (QED) is 0.0501. The number of amides is 6. The summed E-state index contributed by atoms with van der Waals surface area (Å²) in [5.74, 6) is -5.78. The first-order valence-corrected chi connectivity index (χ1v) is 23.9. The van der Waals surface area contributed by atoms with Crippen molar-refractivity contribution in [1.29, 1.82) is 0 Å². The summed E-state index contributed by atoms with van der Waals surface area (Å²) in [6.45, 7) is 5.16. The molecule has 0 unspecified atom stereocenters. The van der Waals surface area contributed by atoms with Crippen LogP contribution in [0.3, 0.4) is 0 Å². The first-order chi connectivity index (χ1) is 33.2. The Balaban J connectivity index is 0.00000256. The molecule has 6 atom stereocenters. The van der Waals surface area contributed by atoms with Gasteiger partial charge in [-0.3, -0.25) is 38.9 Å². The fourth-order valence-electron chi connectivity index (χ4n) is 9.25. The van der Waals surface area contributed by atoms with Crippen LogP contribution in [0.1, 0.15) is 125 Å². The number of para-hydroxylation sites is 1. The van der Waals surface area contributed by atoms with Crippen LogP contribution in [-0.4, -0.2) is 119 Å². The molecule has 2 aliphatic carbocycles. The highest BCUT2D eigenvalue weighted by molar-refractivity contribution is 6.06. The molecule has 2 aromatic rings. The van der Waals surface area contributed by atoms with Crippen LogP contribution in [0.2, 0.25) is 0 Å². The highest BCUT2D eigenvalue weighted by Gasteiger charge is 2.47. The molecular formula is C50H69N7O13. The van der Waals surface area contributed by atoms with Crippen molar-refractivity contribution in [2.75, 3.05) is 20.7 Å². The van der Waals surface area contributed by atoms with E-state index in [-0.39, 0.29) is 48.8 Å². The number of allylic oxidation sites excluding steroid dienone is 1. The van der Waals surface area contributed by atoms with Crippen molar-refractivity contribution < 1.29 is 57.9 Å². The van der Waals surface area contributed by atoms with Crippen molar-refractivity contribution in [3.05, 3.63) is 88.0 Å². The van der Waals surface area contributed by atoms with Crippen LogP contribution in [0.25, 0.3) is 0 Å². The van der Waals surface area contributed by atoms with Crippen LogP contribution in [0, 0.1) is 27.4 Å². The molecule has 0 bridgehead atoms. The zero-order chi connectivity index (χ0) is 51.5. The van der Waals surface area contributed by atoms with Gasteiger partial charge in [-0.1, -0.05) is 95.7 Å². The number of carboxylic acids is 1. The van der Waals surface area contributed by atoms with Crippen molar-refractivity contribution in [2.24, 2.45) is 23.0 Å². The van der Waals surface area contributed by atoms with E-state index in [2.05, 4.69) is 26.0 Å². The number of carbonyl (C=O) groups is 8. The molecule has 0 spiro atoms. The molecule has 0 aromatic heterocycles. The summed E-state index contributed by atoms with van der Waals surface area (Å²) in [5.41, 5.74) is 4.41. The molecule has 6 amide bonds. The van der Waals surface area contributed by atoms with Crippen molar-refractivity contribution in [1.82, 2.24) is 26.2 Å². The molecule has 3 aliphatic rings. The van der Waals surface area contributed by atoms with E-state index in [4.69, 9.17) is 20.6 Å². The Hall–Kier alpha value is -6.86. The zero-order valence-electron chi connectivity index (χ0n) is 40.7. The predicted molar refractivity (Wildman–Crippen MR) is 257 cm³/mol. The van der Waals surface area contributed by atoms with Crippen LogP contribution >= 0.6 is 0 Å². The number of nitrogens with one attached hydrogen (secondary N) is 4. The second kappa shape index (κ2) is 26.8. The molecule has 2 saturated carbocycles. The second-order valence-electron chi connectivity index (χ2n) is 19.1. The second-order valence-corrected chi connectivity index (χ2v) is 19.1. The molecule has 1 aliphatic heterocycles. The number of aromatic carboxylic acids is 1. The maximum Gasteiger partial charge on any atom is 0.336 e. The molecule has 20 nitrogen and oxygen atoms in total. The summed E-state index contributed by atoms with van der Waals surface area (Å²) in [5, 5.41) is 29.9. The van der Waals surface area contributed by atoms with E-state index in [1.807, 2.05) is 6.07 Å². The summed E-state index contributed by atoms with van der Waals surface area (Å²) in [6, 6.07) is 8.79. The molecule has 0 radical (unpaired) electrons. The molecule has 70 heavy (non-hydrogen) atoms. The number of methoxy groups -OCH3 is 1. The lowest BCUT2D eigenvalue weighted by Crippen LogP contribution is -2.62. The Kier molecular flexibility index (Phi) is 21.3. The lowest BCUT2D eigenvalue weighted by Gasteiger charge is -2.37. The number of carbonyl (C=O) groups excluding carboxylic acids is 7. The number of esters is 1. The normalized spacial score (nSPS) is 19.2. The number of nitrogens with two attached hydrogens (primary N) is 1. The van der Waals surface area contributed by atoms with E-state index < -0.39 is 94.0 Å². The highest BCUT2D eigenvalue weighted by atomic mass is 16.6. The van der Waals surface area contributed by atoms with E-state index in [0.717, 1.165) is 58.4 Å². The van der Waals surface area contributed by atoms with Gasteiger partial charge in [0.15, 0.2) is 7.05 Å². The van der Waals surface area contributed by atoms with E-state index >= 15 is 4.79 Å². The van der Waals surface area contributed by atoms with Crippen molar-refractivity contribution in [3.8, 4) is 5.75 Å². The molecule has 1 heterocycles. The van der Waals surface area contributed by atoms with Gasteiger partial charge in [-0.15, -0.1) is 0 Å². The fourth-order valence-corrected chi connectivity index (χ4v) is 9.25. The van der Waals surface area contributed by atoms with Crippen LogP contribution in [0.5, 0.6) is 5.75 Å². The number of primary amides is 1. The first kappa shape index (κ1) is 55.7. The van der Waals surface area contributed by atoms with Gasteiger partial charge in [0.05, 0.1) is 24.8 Å². The third-order valence-corrected chi connectivity index (χ3v) is 12.8. The SMILES string of the molecule is COC(=O)/C=C/CC[C@H](NC(=O)c1ccccc1C(=O)O)C(=O)N[C@H](C(=O)N1C[C@@H](Oc2ccccc2)C[C@H]1C(=O)N[C@H](C(=O)N[C@H](C(N)=O)C1CCCCC1)C1CCCCC1)C(C)(C)C.C[N+](=O)[O-]. The number of hydrogen-bond donors (Lipinski definition) is 6. The molecular weight excluding hydrogens is 907 g/mol. The Labute approximate surface area is 408 Å². The van der Waals surface area contributed by atoms with Crippen LogP contribution in [-0.2, 0) is 33.5 Å². The average Bonchev–Trinajstić information content (AvgIpc) is 3.76. The minimum absolute atomic E-state index is 0.0511. The van der Waals surface area contributed by atoms with Crippen LogP contribution in [0.15, 0.2) is 66.7 Å². The third kappa shape index (κ3) is 16.7. The highest BCUT2D eigenvalue weighted by Crippen LogP contribution is 2.32. The smallest absolute Gasteiger partial charge is 0.336 e. The summed E-state index contributed by atoms with van der Waals surface area (Å²) < 4.78 is 11.0. The third-order valence-electron chi connectivity index (χ3n) is 12.8. The number of rotatable bonds is 19.